The van der Waals surface area contributed by atoms with Gasteiger partial charge >= 0.3 is 5.63 Å². The van der Waals surface area contributed by atoms with E-state index < -0.39 is 5.63 Å². The Bertz CT molecular complexity index is 1320. The first kappa shape index (κ1) is 19.9. The van der Waals surface area contributed by atoms with Gasteiger partial charge in [0.2, 0.25) is 17.6 Å². The number of hydrogen-bond acceptors (Lipinski definition) is 6. The monoisotopic (exact) mass is 440 g/mol. The summed E-state index contributed by atoms with van der Waals surface area (Å²) in [5, 5.41) is 6.91. The van der Waals surface area contributed by atoms with E-state index in [9.17, 15) is 9.59 Å². The summed E-state index contributed by atoms with van der Waals surface area (Å²) in [6, 6.07) is 13.6. The number of anilines is 3. The molecule has 0 aliphatic heterocycles. The predicted octanol–water partition coefficient (Wildman–Crippen LogP) is 5.26. The second-order valence-electron chi connectivity index (χ2n) is 6.39. The second-order valence-corrected chi connectivity index (χ2v) is 7.20. The van der Waals surface area contributed by atoms with Crippen molar-refractivity contribution in [1.82, 2.24) is 9.97 Å². The fraction of sp³-hybridized carbons (Fsp3) is 0.0476. The van der Waals surface area contributed by atoms with E-state index in [1.54, 1.807) is 48.5 Å². The molecule has 0 spiro atoms. The minimum absolute atomic E-state index is 0.113. The Kier molecular flexibility index (Phi) is 5.39. The highest BCUT2D eigenvalue weighted by Crippen LogP contribution is 2.33. The van der Waals surface area contributed by atoms with Gasteiger partial charge in [-0.05, 0) is 36.4 Å². The number of aromatic nitrogens is 2. The van der Waals surface area contributed by atoms with Gasteiger partial charge < -0.3 is 15.1 Å². The summed E-state index contributed by atoms with van der Waals surface area (Å²) in [4.78, 5) is 32.3. The molecule has 2 aromatic heterocycles. The van der Waals surface area contributed by atoms with Gasteiger partial charge in [0.05, 0.1) is 21.0 Å². The van der Waals surface area contributed by atoms with Gasteiger partial charge in [0.15, 0.2) is 0 Å². The molecule has 0 unspecified atom stereocenters. The largest absolute Gasteiger partial charge is 0.403 e. The Morgan fingerprint density at radius 2 is 1.73 bits per heavy atom. The van der Waals surface area contributed by atoms with Crippen LogP contribution >= 0.6 is 23.2 Å². The second kappa shape index (κ2) is 8.14. The van der Waals surface area contributed by atoms with Gasteiger partial charge in [0.25, 0.3) is 0 Å². The van der Waals surface area contributed by atoms with Gasteiger partial charge in [0.1, 0.15) is 0 Å². The van der Waals surface area contributed by atoms with Crippen molar-refractivity contribution in [3.05, 3.63) is 75.2 Å². The Hall–Kier alpha value is -3.42. The van der Waals surface area contributed by atoms with Crippen molar-refractivity contribution >= 4 is 57.5 Å². The van der Waals surface area contributed by atoms with Crippen molar-refractivity contribution < 1.29 is 9.21 Å². The van der Waals surface area contributed by atoms with Gasteiger partial charge in [-0.3, -0.25) is 4.79 Å². The van der Waals surface area contributed by atoms with Crippen LogP contribution in [0.3, 0.4) is 0 Å². The zero-order chi connectivity index (χ0) is 21.3. The number of carbonyl (C=O) groups excluding carboxylic acids is 1. The van der Waals surface area contributed by atoms with Crippen molar-refractivity contribution in [3.63, 3.8) is 0 Å². The minimum Gasteiger partial charge on any atom is -0.403 e. The highest BCUT2D eigenvalue weighted by atomic mass is 35.5. The van der Waals surface area contributed by atoms with E-state index in [1.807, 2.05) is 0 Å². The molecule has 30 heavy (non-hydrogen) atoms. The SMILES string of the molecule is CC(=O)Nc1cccc(Nc2ncc3cc(-c4c(Cl)cccc4Cl)c(=O)oc3n2)c1. The molecule has 0 bridgehead atoms. The summed E-state index contributed by atoms with van der Waals surface area (Å²) in [5.74, 6) is 0.0551. The molecule has 2 aromatic carbocycles. The lowest BCUT2D eigenvalue weighted by Gasteiger charge is -2.09. The first-order chi connectivity index (χ1) is 14.4. The zero-order valence-electron chi connectivity index (χ0n) is 15.6. The van der Waals surface area contributed by atoms with E-state index in [0.717, 1.165) is 0 Å². The number of halogens is 2. The van der Waals surface area contributed by atoms with Crippen LogP contribution in [0.15, 0.2) is 63.9 Å². The quantitative estimate of drug-likeness (QED) is 0.449. The van der Waals surface area contributed by atoms with E-state index in [1.165, 1.54) is 13.1 Å². The average Bonchev–Trinajstić information content (AvgIpc) is 2.68. The topological polar surface area (TPSA) is 97.1 Å². The Labute approximate surface area is 180 Å². The van der Waals surface area contributed by atoms with Crippen LogP contribution in [0.4, 0.5) is 17.3 Å². The lowest BCUT2D eigenvalue weighted by Crippen LogP contribution is -2.07. The molecule has 0 atom stereocenters. The van der Waals surface area contributed by atoms with Crippen molar-refractivity contribution in [2.45, 2.75) is 6.92 Å². The molecule has 4 aromatic rings. The van der Waals surface area contributed by atoms with Crippen LogP contribution in [0.25, 0.3) is 22.2 Å². The Morgan fingerprint density at radius 1 is 1.03 bits per heavy atom. The average molecular weight is 441 g/mol. The van der Waals surface area contributed by atoms with Crippen LogP contribution in [0, 0.1) is 0 Å². The third kappa shape index (κ3) is 4.12. The van der Waals surface area contributed by atoms with E-state index >= 15 is 0 Å². The number of fused-ring (bicyclic) bond motifs is 1. The molecular formula is C21H14Cl2N4O3. The van der Waals surface area contributed by atoms with E-state index in [2.05, 4.69) is 20.6 Å². The van der Waals surface area contributed by atoms with Crippen molar-refractivity contribution in [2.24, 2.45) is 0 Å². The summed E-state index contributed by atoms with van der Waals surface area (Å²) in [7, 11) is 0. The summed E-state index contributed by atoms with van der Waals surface area (Å²) in [6.07, 6.45) is 1.53. The van der Waals surface area contributed by atoms with Crippen LogP contribution in [0.2, 0.25) is 10.0 Å². The molecule has 0 aliphatic carbocycles. The standard InChI is InChI=1S/C21H14Cl2N4O3/c1-11(28)25-13-4-2-5-14(9-13)26-21-24-10-12-8-15(20(29)30-19(12)27-21)18-16(22)6-3-7-17(18)23/h2-10H,1H3,(H,25,28)(H,24,26,27). The first-order valence-electron chi connectivity index (χ1n) is 8.80. The molecule has 0 aliphatic rings. The highest BCUT2D eigenvalue weighted by Gasteiger charge is 2.15. The number of amides is 1. The number of benzene rings is 2. The lowest BCUT2D eigenvalue weighted by atomic mass is 10.1. The smallest absolute Gasteiger partial charge is 0.345 e. The van der Waals surface area contributed by atoms with Crippen LogP contribution in [-0.2, 0) is 4.79 Å². The minimum atomic E-state index is -0.616. The fourth-order valence-electron chi connectivity index (χ4n) is 2.91. The van der Waals surface area contributed by atoms with Gasteiger partial charge in [-0.2, -0.15) is 4.98 Å². The van der Waals surface area contributed by atoms with Crippen molar-refractivity contribution in [2.75, 3.05) is 10.6 Å². The summed E-state index contributed by atoms with van der Waals surface area (Å²) in [6.45, 7) is 1.43. The van der Waals surface area contributed by atoms with Crippen molar-refractivity contribution in [3.8, 4) is 11.1 Å². The molecule has 2 N–H and O–H groups in total. The molecule has 0 fully saturated rings. The van der Waals surface area contributed by atoms with E-state index in [-0.39, 0.29) is 23.1 Å². The van der Waals surface area contributed by atoms with Gasteiger partial charge in [-0.25, -0.2) is 9.78 Å². The fourth-order valence-corrected chi connectivity index (χ4v) is 3.51. The third-order valence-electron chi connectivity index (χ3n) is 4.16. The van der Waals surface area contributed by atoms with Crippen LogP contribution < -0.4 is 16.3 Å². The molecule has 9 heteroatoms. The van der Waals surface area contributed by atoms with Crippen LogP contribution in [0.5, 0.6) is 0 Å². The number of nitrogens with one attached hydrogen (secondary N) is 2. The van der Waals surface area contributed by atoms with Crippen LogP contribution in [-0.4, -0.2) is 15.9 Å². The Balaban J connectivity index is 1.69. The molecule has 2 heterocycles. The third-order valence-corrected chi connectivity index (χ3v) is 4.79. The lowest BCUT2D eigenvalue weighted by molar-refractivity contribution is -0.114. The first-order valence-corrected chi connectivity index (χ1v) is 9.56. The number of nitrogens with zero attached hydrogens (tertiary/aromatic N) is 2. The van der Waals surface area contributed by atoms with Crippen LogP contribution in [0.1, 0.15) is 6.92 Å². The molecular weight excluding hydrogens is 427 g/mol. The molecule has 4 rings (SSSR count). The predicted molar refractivity (Wildman–Crippen MR) is 118 cm³/mol. The Morgan fingerprint density at radius 3 is 2.47 bits per heavy atom. The van der Waals surface area contributed by atoms with E-state index in [4.69, 9.17) is 27.6 Å². The number of carbonyl (C=O) groups is 1. The number of rotatable bonds is 4. The molecule has 0 saturated carbocycles. The maximum atomic E-state index is 12.6. The molecule has 0 saturated heterocycles. The molecule has 7 nitrogen and oxygen atoms in total. The maximum Gasteiger partial charge on any atom is 0.345 e. The molecule has 1 amide bonds. The normalized spacial score (nSPS) is 10.8. The van der Waals surface area contributed by atoms with Gasteiger partial charge in [-0.15, -0.1) is 0 Å². The summed E-state index contributed by atoms with van der Waals surface area (Å²) < 4.78 is 5.39. The maximum absolute atomic E-state index is 12.6. The summed E-state index contributed by atoms with van der Waals surface area (Å²) >= 11 is 12.4. The highest BCUT2D eigenvalue weighted by molar-refractivity contribution is 6.39. The number of hydrogen-bond donors (Lipinski definition) is 2. The van der Waals surface area contributed by atoms with Crippen molar-refractivity contribution in [1.29, 1.82) is 0 Å². The zero-order valence-corrected chi connectivity index (χ0v) is 17.1. The molecule has 150 valence electrons. The summed E-state index contributed by atoms with van der Waals surface area (Å²) in [5.41, 5.74) is 1.40. The van der Waals surface area contributed by atoms with Gasteiger partial charge in [-0.1, -0.05) is 35.3 Å². The van der Waals surface area contributed by atoms with E-state index in [0.29, 0.717) is 32.4 Å². The van der Waals surface area contributed by atoms with Gasteiger partial charge in [0, 0.05) is 30.1 Å². The molecule has 0 radical (unpaired) electrons.